The molecule has 0 aliphatic rings. The molecule has 27 heavy (non-hydrogen) atoms. The van der Waals surface area contributed by atoms with Crippen LogP contribution in [-0.4, -0.2) is 19.8 Å². The quantitative estimate of drug-likeness (QED) is 0.548. The maximum absolute atomic E-state index is 5.77. The van der Waals surface area contributed by atoms with Crippen molar-refractivity contribution in [2.24, 2.45) is 5.73 Å². The zero-order chi connectivity index (χ0) is 18.7. The van der Waals surface area contributed by atoms with Crippen molar-refractivity contribution in [3.05, 3.63) is 90.0 Å². The molecule has 0 aliphatic carbocycles. The van der Waals surface area contributed by atoms with Gasteiger partial charge in [-0.25, -0.2) is 0 Å². The summed E-state index contributed by atoms with van der Waals surface area (Å²) in [5, 5.41) is 0. The van der Waals surface area contributed by atoms with Crippen LogP contribution in [0.5, 0.6) is 17.2 Å². The van der Waals surface area contributed by atoms with E-state index in [9.17, 15) is 0 Å². The van der Waals surface area contributed by atoms with E-state index in [2.05, 4.69) is 6.07 Å². The maximum Gasteiger partial charge on any atom is 0.122 e. The number of hydrogen-bond acceptors (Lipinski definition) is 4. The van der Waals surface area contributed by atoms with Crippen LogP contribution in [0.4, 0.5) is 0 Å². The van der Waals surface area contributed by atoms with Gasteiger partial charge < -0.3 is 19.9 Å². The SMILES string of the molecule is NCCc1cccc(OCCOc2ccc(OCc3ccccc3)cc2)c1. The van der Waals surface area contributed by atoms with Crippen LogP contribution >= 0.6 is 0 Å². The van der Waals surface area contributed by atoms with Crippen molar-refractivity contribution in [1.82, 2.24) is 0 Å². The van der Waals surface area contributed by atoms with Gasteiger partial charge in [-0.3, -0.25) is 0 Å². The first-order valence-corrected chi connectivity index (χ1v) is 9.15. The Balaban J connectivity index is 1.39. The van der Waals surface area contributed by atoms with Crippen LogP contribution in [-0.2, 0) is 13.0 Å². The van der Waals surface area contributed by atoms with E-state index in [4.69, 9.17) is 19.9 Å². The normalized spacial score (nSPS) is 10.4. The minimum atomic E-state index is 0.478. The second-order valence-electron chi connectivity index (χ2n) is 6.13. The molecule has 0 bridgehead atoms. The van der Waals surface area contributed by atoms with Crippen molar-refractivity contribution in [2.75, 3.05) is 19.8 Å². The third-order valence-corrected chi connectivity index (χ3v) is 4.02. The first-order valence-electron chi connectivity index (χ1n) is 9.15. The Morgan fingerprint density at radius 2 is 1.22 bits per heavy atom. The molecule has 4 nitrogen and oxygen atoms in total. The van der Waals surface area contributed by atoms with E-state index >= 15 is 0 Å². The Morgan fingerprint density at radius 3 is 1.93 bits per heavy atom. The van der Waals surface area contributed by atoms with Crippen LogP contribution in [0, 0.1) is 0 Å². The molecule has 0 radical (unpaired) electrons. The summed E-state index contributed by atoms with van der Waals surface area (Å²) in [7, 11) is 0. The summed E-state index contributed by atoms with van der Waals surface area (Å²) in [5.74, 6) is 2.45. The van der Waals surface area contributed by atoms with E-state index in [1.54, 1.807) is 0 Å². The lowest BCUT2D eigenvalue weighted by Gasteiger charge is -2.10. The fourth-order valence-electron chi connectivity index (χ4n) is 2.65. The molecule has 0 saturated heterocycles. The van der Waals surface area contributed by atoms with Crippen molar-refractivity contribution in [1.29, 1.82) is 0 Å². The molecule has 2 N–H and O–H groups in total. The minimum Gasteiger partial charge on any atom is -0.490 e. The molecule has 0 saturated carbocycles. The van der Waals surface area contributed by atoms with Crippen LogP contribution in [0.25, 0.3) is 0 Å². The highest BCUT2D eigenvalue weighted by molar-refractivity contribution is 5.32. The van der Waals surface area contributed by atoms with Crippen molar-refractivity contribution in [2.45, 2.75) is 13.0 Å². The average Bonchev–Trinajstić information content (AvgIpc) is 2.72. The first kappa shape index (κ1) is 18.8. The van der Waals surface area contributed by atoms with E-state index in [1.165, 1.54) is 5.56 Å². The maximum atomic E-state index is 5.77. The monoisotopic (exact) mass is 363 g/mol. The average molecular weight is 363 g/mol. The number of nitrogens with two attached hydrogens (primary N) is 1. The molecule has 0 aromatic heterocycles. The minimum absolute atomic E-state index is 0.478. The first-order chi connectivity index (χ1) is 13.3. The molecule has 0 atom stereocenters. The zero-order valence-electron chi connectivity index (χ0n) is 15.3. The second-order valence-corrected chi connectivity index (χ2v) is 6.13. The summed E-state index contributed by atoms with van der Waals surface area (Å²) < 4.78 is 17.2. The highest BCUT2D eigenvalue weighted by Gasteiger charge is 2.00. The van der Waals surface area contributed by atoms with Gasteiger partial charge in [0.15, 0.2) is 0 Å². The van der Waals surface area contributed by atoms with Gasteiger partial charge in [0.1, 0.15) is 37.1 Å². The van der Waals surface area contributed by atoms with Crippen molar-refractivity contribution in [3.63, 3.8) is 0 Å². The summed E-state index contributed by atoms with van der Waals surface area (Å²) in [6.07, 6.45) is 0.854. The smallest absolute Gasteiger partial charge is 0.122 e. The van der Waals surface area contributed by atoms with Gasteiger partial charge in [0.05, 0.1) is 0 Å². The van der Waals surface area contributed by atoms with E-state index in [-0.39, 0.29) is 0 Å². The molecule has 0 spiro atoms. The van der Waals surface area contributed by atoms with Gasteiger partial charge in [0.2, 0.25) is 0 Å². The van der Waals surface area contributed by atoms with Crippen molar-refractivity contribution >= 4 is 0 Å². The Bertz CT molecular complexity index is 803. The van der Waals surface area contributed by atoms with E-state index in [0.29, 0.717) is 26.4 Å². The Labute approximate surface area is 160 Å². The third kappa shape index (κ3) is 6.35. The van der Waals surface area contributed by atoms with E-state index in [0.717, 1.165) is 29.2 Å². The summed E-state index contributed by atoms with van der Waals surface area (Å²) in [4.78, 5) is 0. The number of ether oxygens (including phenoxy) is 3. The lowest BCUT2D eigenvalue weighted by atomic mass is 10.1. The lowest BCUT2D eigenvalue weighted by Crippen LogP contribution is -2.09. The molecule has 3 rings (SSSR count). The van der Waals surface area contributed by atoms with Gasteiger partial charge in [-0.15, -0.1) is 0 Å². The zero-order valence-corrected chi connectivity index (χ0v) is 15.3. The molecule has 0 unspecified atom stereocenters. The summed E-state index contributed by atoms with van der Waals surface area (Å²) in [6, 6.07) is 25.7. The topological polar surface area (TPSA) is 53.7 Å². The molecule has 3 aromatic carbocycles. The van der Waals surface area contributed by atoms with Gasteiger partial charge in [-0.05, 0) is 60.5 Å². The summed E-state index contributed by atoms with van der Waals surface area (Å²) in [6.45, 7) is 2.15. The van der Waals surface area contributed by atoms with Gasteiger partial charge in [-0.2, -0.15) is 0 Å². The molecule has 0 heterocycles. The lowest BCUT2D eigenvalue weighted by molar-refractivity contribution is 0.216. The molecule has 3 aromatic rings. The van der Waals surface area contributed by atoms with Crippen LogP contribution in [0.3, 0.4) is 0 Å². The predicted octanol–water partition coefficient (Wildman–Crippen LogP) is 4.22. The molecule has 140 valence electrons. The van der Waals surface area contributed by atoms with Gasteiger partial charge in [0.25, 0.3) is 0 Å². The number of benzene rings is 3. The Hall–Kier alpha value is -2.98. The van der Waals surface area contributed by atoms with Gasteiger partial charge in [0, 0.05) is 0 Å². The Kier molecular flexibility index (Phi) is 7.13. The fraction of sp³-hybridized carbons (Fsp3) is 0.217. The standard InChI is InChI=1S/C23H25NO3/c24-14-13-19-7-4-8-23(17-19)26-16-15-25-21-9-11-22(12-10-21)27-18-20-5-2-1-3-6-20/h1-12,17H,13-16,18,24H2. The Morgan fingerprint density at radius 1 is 0.593 bits per heavy atom. The summed E-state index contributed by atoms with van der Waals surface area (Å²) in [5.41, 5.74) is 7.91. The van der Waals surface area contributed by atoms with Crippen LogP contribution < -0.4 is 19.9 Å². The third-order valence-electron chi connectivity index (χ3n) is 4.02. The molecular formula is C23H25NO3. The molecule has 0 amide bonds. The van der Waals surface area contributed by atoms with Gasteiger partial charge >= 0.3 is 0 Å². The second kappa shape index (κ2) is 10.2. The summed E-state index contributed by atoms with van der Waals surface area (Å²) >= 11 is 0. The molecule has 0 aliphatic heterocycles. The van der Waals surface area contributed by atoms with Gasteiger partial charge in [-0.1, -0.05) is 42.5 Å². The van der Waals surface area contributed by atoms with Crippen molar-refractivity contribution < 1.29 is 14.2 Å². The van der Waals surface area contributed by atoms with E-state index < -0.39 is 0 Å². The largest absolute Gasteiger partial charge is 0.490 e. The highest BCUT2D eigenvalue weighted by atomic mass is 16.5. The van der Waals surface area contributed by atoms with Crippen LogP contribution in [0.1, 0.15) is 11.1 Å². The predicted molar refractivity (Wildman–Crippen MR) is 107 cm³/mol. The number of hydrogen-bond donors (Lipinski definition) is 1. The highest BCUT2D eigenvalue weighted by Crippen LogP contribution is 2.19. The molecular weight excluding hydrogens is 338 g/mol. The molecule has 4 heteroatoms. The van der Waals surface area contributed by atoms with Crippen LogP contribution in [0.15, 0.2) is 78.9 Å². The van der Waals surface area contributed by atoms with Crippen LogP contribution in [0.2, 0.25) is 0 Å². The number of rotatable bonds is 10. The van der Waals surface area contributed by atoms with E-state index in [1.807, 2.05) is 72.8 Å². The fourth-order valence-corrected chi connectivity index (χ4v) is 2.65. The van der Waals surface area contributed by atoms with Crippen molar-refractivity contribution in [3.8, 4) is 17.2 Å². The molecule has 0 fully saturated rings.